The fourth-order valence-corrected chi connectivity index (χ4v) is 3.66. The second kappa shape index (κ2) is 5.77. The number of hydrogen-bond donors (Lipinski definition) is 3. The van der Waals surface area contributed by atoms with Crippen molar-refractivity contribution in [1.82, 2.24) is 20.4 Å². The Balaban J connectivity index is 1.55. The first-order valence-electron chi connectivity index (χ1n) is 7.80. The van der Waals surface area contributed by atoms with Crippen molar-refractivity contribution < 1.29 is 4.79 Å². The molecule has 2 saturated heterocycles. The number of fused-ring (bicyclic) bond motifs is 2. The molecule has 2 fully saturated rings. The molecule has 3 rings (SSSR count). The highest BCUT2D eigenvalue weighted by Crippen LogP contribution is 2.29. The zero-order chi connectivity index (χ0) is 15.0. The van der Waals surface area contributed by atoms with E-state index in [0.717, 1.165) is 29.9 Å². The molecule has 2 aliphatic heterocycles. The number of carbonyl (C=O) groups excluding carboxylic acids is 1. The summed E-state index contributed by atoms with van der Waals surface area (Å²) in [5.41, 5.74) is 2.56. The summed E-state index contributed by atoms with van der Waals surface area (Å²) in [6, 6.07) is 1.82. The first kappa shape index (κ1) is 14.5. The number of nitrogens with one attached hydrogen (secondary N) is 3. The third kappa shape index (κ3) is 3.11. The minimum Gasteiger partial charge on any atom is -0.322 e. The molecule has 1 aromatic heterocycles. The molecule has 0 saturated carbocycles. The molecule has 21 heavy (non-hydrogen) atoms. The van der Waals surface area contributed by atoms with Crippen molar-refractivity contribution >= 4 is 11.6 Å². The molecule has 2 unspecified atom stereocenters. The molecular formula is C15H25N5O. The van der Waals surface area contributed by atoms with E-state index in [-0.39, 0.29) is 5.91 Å². The van der Waals surface area contributed by atoms with Crippen LogP contribution in [0.1, 0.15) is 37.1 Å². The van der Waals surface area contributed by atoms with Crippen molar-refractivity contribution in [2.24, 2.45) is 0 Å². The largest absolute Gasteiger partial charge is 0.322 e. The Kier molecular flexibility index (Phi) is 3.99. The van der Waals surface area contributed by atoms with Gasteiger partial charge in [0, 0.05) is 18.1 Å². The van der Waals surface area contributed by atoms with Gasteiger partial charge < -0.3 is 10.6 Å². The van der Waals surface area contributed by atoms with Gasteiger partial charge in [-0.1, -0.05) is 0 Å². The van der Waals surface area contributed by atoms with Gasteiger partial charge in [-0.25, -0.2) is 0 Å². The summed E-state index contributed by atoms with van der Waals surface area (Å²) < 4.78 is 0. The van der Waals surface area contributed by atoms with E-state index >= 15 is 0 Å². The molecule has 1 aromatic rings. The number of H-pyrrole nitrogens is 1. The van der Waals surface area contributed by atoms with E-state index in [9.17, 15) is 4.79 Å². The SMILES string of the molecule is Cc1n[nH]c(C)c1NC(=O)CN(C)C1CC2CCC(C1)N2. The standard InChI is InChI=1S/C15H25N5O/c1-9-15(10(2)19-18-9)17-14(21)8-20(3)13-6-11-4-5-12(7-13)16-11/h11-13,16H,4-8H2,1-3H3,(H,17,21)(H,18,19). The average Bonchev–Trinajstić information content (AvgIpc) is 2.94. The molecule has 2 atom stereocenters. The van der Waals surface area contributed by atoms with Crippen LogP contribution < -0.4 is 10.6 Å². The van der Waals surface area contributed by atoms with Crippen LogP contribution in [0.15, 0.2) is 0 Å². The number of aromatic amines is 1. The van der Waals surface area contributed by atoms with Crippen LogP contribution in [0.3, 0.4) is 0 Å². The van der Waals surface area contributed by atoms with E-state index in [2.05, 4.69) is 32.8 Å². The lowest BCUT2D eigenvalue weighted by molar-refractivity contribution is -0.117. The lowest BCUT2D eigenvalue weighted by Crippen LogP contribution is -2.48. The molecular weight excluding hydrogens is 266 g/mol. The van der Waals surface area contributed by atoms with Gasteiger partial charge in [0.15, 0.2) is 0 Å². The van der Waals surface area contributed by atoms with Crippen molar-refractivity contribution in [2.45, 2.75) is 57.7 Å². The number of amides is 1. The molecule has 0 radical (unpaired) electrons. The molecule has 6 nitrogen and oxygen atoms in total. The molecule has 1 amide bonds. The maximum atomic E-state index is 12.2. The first-order chi connectivity index (χ1) is 10.0. The number of carbonyl (C=O) groups is 1. The van der Waals surface area contributed by atoms with Crippen LogP contribution in [0.25, 0.3) is 0 Å². The predicted molar refractivity (Wildman–Crippen MR) is 82.3 cm³/mol. The maximum Gasteiger partial charge on any atom is 0.238 e. The summed E-state index contributed by atoms with van der Waals surface area (Å²) in [4.78, 5) is 14.4. The molecule has 0 aromatic carbocycles. The van der Waals surface area contributed by atoms with Crippen LogP contribution in [0.4, 0.5) is 5.69 Å². The van der Waals surface area contributed by atoms with Gasteiger partial charge in [0.1, 0.15) is 0 Å². The molecule has 6 heteroatoms. The molecule has 2 bridgehead atoms. The van der Waals surface area contributed by atoms with Gasteiger partial charge in [0.05, 0.1) is 23.6 Å². The van der Waals surface area contributed by atoms with Crippen LogP contribution >= 0.6 is 0 Å². The summed E-state index contributed by atoms with van der Waals surface area (Å²) >= 11 is 0. The van der Waals surface area contributed by atoms with Gasteiger partial charge in [-0.05, 0) is 46.6 Å². The second-order valence-electron chi connectivity index (χ2n) is 6.54. The molecule has 116 valence electrons. The molecule has 0 spiro atoms. The van der Waals surface area contributed by atoms with E-state index in [1.54, 1.807) is 0 Å². The summed E-state index contributed by atoms with van der Waals surface area (Å²) in [5, 5.41) is 13.6. The topological polar surface area (TPSA) is 73.0 Å². The van der Waals surface area contributed by atoms with Crippen LogP contribution in [-0.2, 0) is 4.79 Å². The highest BCUT2D eigenvalue weighted by Gasteiger charge is 2.35. The van der Waals surface area contributed by atoms with E-state index in [0.29, 0.717) is 24.7 Å². The number of aromatic nitrogens is 2. The number of likely N-dealkylation sites (N-methyl/N-ethyl adjacent to an activating group) is 1. The van der Waals surface area contributed by atoms with Gasteiger partial charge in [-0.3, -0.25) is 14.8 Å². The lowest BCUT2D eigenvalue weighted by Gasteiger charge is -2.35. The highest BCUT2D eigenvalue weighted by atomic mass is 16.2. The van der Waals surface area contributed by atoms with E-state index in [4.69, 9.17) is 0 Å². The zero-order valence-corrected chi connectivity index (χ0v) is 13.1. The number of anilines is 1. The normalized spacial score (nSPS) is 28.1. The minimum atomic E-state index is 0.0379. The number of rotatable bonds is 4. The van der Waals surface area contributed by atoms with E-state index < -0.39 is 0 Å². The summed E-state index contributed by atoms with van der Waals surface area (Å²) in [6.07, 6.45) is 4.89. The van der Waals surface area contributed by atoms with Crippen LogP contribution in [0, 0.1) is 13.8 Å². The number of hydrogen-bond acceptors (Lipinski definition) is 4. The third-order valence-corrected chi connectivity index (χ3v) is 4.86. The Bertz CT molecular complexity index is 495. The number of nitrogens with zero attached hydrogens (tertiary/aromatic N) is 2. The van der Waals surface area contributed by atoms with Crippen molar-refractivity contribution in [2.75, 3.05) is 18.9 Å². The van der Waals surface area contributed by atoms with Gasteiger partial charge in [-0.2, -0.15) is 5.10 Å². The lowest BCUT2D eigenvalue weighted by atomic mass is 9.98. The Hall–Kier alpha value is -1.40. The fourth-order valence-electron chi connectivity index (χ4n) is 3.66. The summed E-state index contributed by atoms with van der Waals surface area (Å²) in [7, 11) is 2.06. The van der Waals surface area contributed by atoms with E-state index in [1.807, 2.05) is 13.8 Å². The van der Waals surface area contributed by atoms with Crippen molar-refractivity contribution in [1.29, 1.82) is 0 Å². The van der Waals surface area contributed by atoms with Gasteiger partial charge >= 0.3 is 0 Å². The van der Waals surface area contributed by atoms with Gasteiger partial charge in [0.25, 0.3) is 0 Å². The zero-order valence-electron chi connectivity index (χ0n) is 13.1. The van der Waals surface area contributed by atoms with Crippen molar-refractivity contribution in [3.05, 3.63) is 11.4 Å². The fraction of sp³-hybridized carbons (Fsp3) is 0.733. The third-order valence-electron chi connectivity index (χ3n) is 4.86. The number of piperidine rings is 1. The van der Waals surface area contributed by atoms with E-state index in [1.165, 1.54) is 12.8 Å². The Morgan fingerprint density at radius 3 is 2.57 bits per heavy atom. The average molecular weight is 291 g/mol. The Morgan fingerprint density at radius 1 is 1.33 bits per heavy atom. The highest BCUT2D eigenvalue weighted by molar-refractivity contribution is 5.93. The summed E-state index contributed by atoms with van der Waals surface area (Å²) in [6.45, 7) is 4.26. The number of aryl methyl sites for hydroxylation is 2. The Morgan fingerprint density at radius 2 is 2.00 bits per heavy atom. The molecule has 0 aliphatic carbocycles. The first-order valence-corrected chi connectivity index (χ1v) is 7.80. The molecule has 3 heterocycles. The minimum absolute atomic E-state index is 0.0379. The van der Waals surface area contributed by atoms with Crippen molar-refractivity contribution in [3.63, 3.8) is 0 Å². The Labute approximate surface area is 125 Å². The monoisotopic (exact) mass is 291 g/mol. The smallest absolute Gasteiger partial charge is 0.238 e. The second-order valence-corrected chi connectivity index (χ2v) is 6.54. The molecule has 3 N–H and O–H groups in total. The van der Waals surface area contributed by atoms with Gasteiger partial charge in [-0.15, -0.1) is 0 Å². The predicted octanol–water partition coefficient (Wildman–Crippen LogP) is 1.18. The quantitative estimate of drug-likeness (QED) is 0.779. The van der Waals surface area contributed by atoms with Crippen LogP contribution in [-0.4, -0.2) is 52.7 Å². The van der Waals surface area contributed by atoms with Gasteiger partial charge in [0.2, 0.25) is 5.91 Å². The van der Waals surface area contributed by atoms with Crippen molar-refractivity contribution in [3.8, 4) is 0 Å². The molecule has 2 aliphatic rings. The maximum absolute atomic E-state index is 12.2. The van der Waals surface area contributed by atoms with Crippen LogP contribution in [0.5, 0.6) is 0 Å². The van der Waals surface area contributed by atoms with Crippen LogP contribution in [0.2, 0.25) is 0 Å². The summed E-state index contributed by atoms with van der Waals surface area (Å²) in [5.74, 6) is 0.0379.